The zero-order valence-corrected chi connectivity index (χ0v) is 15.1. The Bertz CT molecular complexity index is 889. The molecule has 0 spiro atoms. The van der Waals surface area contributed by atoms with Crippen LogP contribution in [0.25, 0.3) is 22.4 Å². The fourth-order valence-corrected chi connectivity index (χ4v) is 4.11. The fourth-order valence-electron chi connectivity index (χ4n) is 3.71. The Morgan fingerprint density at radius 3 is 2.58 bits per heavy atom. The molecule has 6 nitrogen and oxygen atoms in total. The maximum atomic E-state index is 9.61. The monoisotopic (exact) mass is 371 g/mol. The van der Waals surface area contributed by atoms with Crippen LogP contribution < -0.4 is 5.90 Å². The predicted octanol–water partition coefficient (Wildman–Crippen LogP) is 4.74. The van der Waals surface area contributed by atoms with Crippen LogP contribution in [-0.2, 0) is 9.32 Å². The van der Waals surface area contributed by atoms with E-state index >= 15 is 0 Å². The summed E-state index contributed by atoms with van der Waals surface area (Å²) in [5.41, 5.74) is 3.02. The lowest BCUT2D eigenvalue weighted by molar-refractivity contribution is -0.195. The highest BCUT2D eigenvalue weighted by molar-refractivity contribution is 7.94. The van der Waals surface area contributed by atoms with Crippen LogP contribution >= 0.6 is 12.0 Å². The van der Waals surface area contributed by atoms with Crippen molar-refractivity contribution in [3.8, 4) is 17.1 Å². The van der Waals surface area contributed by atoms with E-state index in [1.54, 1.807) is 12.1 Å². The minimum absolute atomic E-state index is 0.256. The van der Waals surface area contributed by atoms with Gasteiger partial charge in [0.1, 0.15) is 11.6 Å². The van der Waals surface area contributed by atoms with E-state index in [1.165, 1.54) is 19.3 Å². The van der Waals surface area contributed by atoms with E-state index in [-0.39, 0.29) is 5.75 Å². The summed E-state index contributed by atoms with van der Waals surface area (Å²) < 4.78 is 7.11. The molecule has 2 aromatic carbocycles. The van der Waals surface area contributed by atoms with Gasteiger partial charge >= 0.3 is 0 Å². The summed E-state index contributed by atoms with van der Waals surface area (Å²) in [6.07, 6.45) is 6.12. The predicted molar refractivity (Wildman–Crippen MR) is 101 cm³/mol. The molecule has 0 amide bonds. The molecular weight excluding hydrogens is 350 g/mol. The second kappa shape index (κ2) is 7.67. The second-order valence-electron chi connectivity index (χ2n) is 6.54. The Hall–Kier alpha value is -2.06. The first-order valence-electron chi connectivity index (χ1n) is 8.78. The zero-order valence-electron chi connectivity index (χ0n) is 14.3. The van der Waals surface area contributed by atoms with Crippen molar-refractivity contribution in [3.05, 3.63) is 42.5 Å². The van der Waals surface area contributed by atoms with Gasteiger partial charge in [0, 0.05) is 16.5 Å². The van der Waals surface area contributed by atoms with E-state index in [0.717, 1.165) is 52.2 Å². The molecule has 4 rings (SSSR count). The summed E-state index contributed by atoms with van der Waals surface area (Å²) in [5.74, 6) is 6.11. The highest BCUT2D eigenvalue weighted by Gasteiger charge is 2.22. The Balaban J connectivity index is 1.82. The van der Waals surface area contributed by atoms with E-state index in [4.69, 9.17) is 15.2 Å². The number of aromatic hydroxyl groups is 1. The Morgan fingerprint density at radius 2 is 1.85 bits per heavy atom. The fraction of sp³-hybridized carbons (Fsp3) is 0.316. The smallest absolute Gasteiger partial charge is 0.141 e. The lowest BCUT2D eigenvalue weighted by Gasteiger charge is -2.25. The van der Waals surface area contributed by atoms with Gasteiger partial charge in [-0.05, 0) is 55.3 Å². The minimum Gasteiger partial charge on any atom is -0.508 e. The van der Waals surface area contributed by atoms with Gasteiger partial charge in [-0.25, -0.2) is 4.98 Å². The molecule has 0 unspecified atom stereocenters. The Kier molecular flexibility index (Phi) is 5.12. The number of benzene rings is 2. The minimum atomic E-state index is 0.256. The molecule has 136 valence electrons. The molecule has 3 N–H and O–H groups in total. The molecule has 1 saturated carbocycles. The van der Waals surface area contributed by atoms with Gasteiger partial charge in [-0.15, -0.1) is 9.32 Å². The Morgan fingerprint density at radius 1 is 1.08 bits per heavy atom. The highest BCUT2D eigenvalue weighted by atomic mass is 32.2. The third kappa shape index (κ3) is 3.43. The lowest BCUT2D eigenvalue weighted by atomic mass is 9.95. The summed E-state index contributed by atoms with van der Waals surface area (Å²) in [4.78, 5) is 9.94. The molecule has 26 heavy (non-hydrogen) atoms. The molecule has 1 fully saturated rings. The molecule has 0 aliphatic heterocycles. The first kappa shape index (κ1) is 17.4. The maximum absolute atomic E-state index is 9.61. The molecule has 0 saturated heterocycles. The summed E-state index contributed by atoms with van der Waals surface area (Å²) >= 11 is 1.05. The average Bonchev–Trinajstić information content (AvgIpc) is 3.06. The number of nitrogens with two attached hydrogens (primary N) is 1. The van der Waals surface area contributed by atoms with Crippen LogP contribution in [0.15, 0.2) is 47.4 Å². The topological polar surface area (TPSA) is 82.5 Å². The van der Waals surface area contributed by atoms with Crippen LogP contribution in [0.1, 0.15) is 38.1 Å². The van der Waals surface area contributed by atoms with Gasteiger partial charge in [-0.1, -0.05) is 19.3 Å². The third-order valence-corrected chi connectivity index (χ3v) is 5.49. The van der Waals surface area contributed by atoms with Crippen molar-refractivity contribution in [1.82, 2.24) is 9.55 Å². The summed E-state index contributed by atoms with van der Waals surface area (Å²) in [6, 6.07) is 13.7. The standard InChI is InChI=1S/C19H21N3O3S/c20-24-25-26-16-10-11-18-17(12-16)21-19(13-6-8-15(23)9-7-13)22(18)14-4-2-1-3-5-14/h6-12,14,23H,1-5,20H2. The normalized spacial score (nSPS) is 15.6. The average molecular weight is 371 g/mol. The number of phenols is 1. The van der Waals surface area contributed by atoms with Gasteiger partial charge in [-0.2, -0.15) is 5.90 Å². The quantitative estimate of drug-likeness (QED) is 0.383. The zero-order chi connectivity index (χ0) is 17.9. The van der Waals surface area contributed by atoms with E-state index in [9.17, 15) is 5.11 Å². The van der Waals surface area contributed by atoms with Gasteiger partial charge in [0.15, 0.2) is 0 Å². The number of nitrogens with zero attached hydrogens (tertiary/aromatic N) is 2. The molecule has 7 heteroatoms. The molecule has 1 aliphatic rings. The number of rotatable bonds is 5. The van der Waals surface area contributed by atoms with E-state index in [0.29, 0.717) is 6.04 Å². The first-order valence-corrected chi connectivity index (χ1v) is 9.52. The van der Waals surface area contributed by atoms with Gasteiger partial charge < -0.3 is 9.67 Å². The van der Waals surface area contributed by atoms with Crippen LogP contribution in [0.4, 0.5) is 0 Å². The van der Waals surface area contributed by atoms with E-state index < -0.39 is 0 Å². The lowest BCUT2D eigenvalue weighted by Crippen LogP contribution is -2.13. The second-order valence-corrected chi connectivity index (χ2v) is 7.32. The first-order chi connectivity index (χ1) is 12.8. The van der Waals surface area contributed by atoms with Crippen molar-refractivity contribution in [2.45, 2.75) is 43.0 Å². The van der Waals surface area contributed by atoms with Crippen molar-refractivity contribution in [3.63, 3.8) is 0 Å². The van der Waals surface area contributed by atoms with Gasteiger partial charge in [0.2, 0.25) is 0 Å². The van der Waals surface area contributed by atoms with Crippen LogP contribution in [0.3, 0.4) is 0 Å². The number of aromatic nitrogens is 2. The molecule has 1 heterocycles. The molecule has 3 aromatic rings. The van der Waals surface area contributed by atoms with Crippen molar-refractivity contribution >= 4 is 23.1 Å². The molecule has 0 radical (unpaired) electrons. The molecule has 0 atom stereocenters. The third-order valence-electron chi connectivity index (χ3n) is 4.90. The molecule has 1 aromatic heterocycles. The summed E-state index contributed by atoms with van der Waals surface area (Å²) in [7, 11) is 0. The number of imidazole rings is 1. The number of hydrogen-bond donors (Lipinski definition) is 2. The van der Waals surface area contributed by atoms with Crippen molar-refractivity contribution < 1.29 is 14.4 Å². The van der Waals surface area contributed by atoms with Crippen LogP contribution in [0.5, 0.6) is 5.75 Å². The van der Waals surface area contributed by atoms with E-state index in [1.807, 2.05) is 24.3 Å². The molecule has 1 aliphatic carbocycles. The largest absolute Gasteiger partial charge is 0.508 e. The van der Waals surface area contributed by atoms with Crippen LogP contribution in [0, 0.1) is 0 Å². The van der Waals surface area contributed by atoms with E-state index in [2.05, 4.69) is 15.6 Å². The summed E-state index contributed by atoms with van der Waals surface area (Å²) in [6.45, 7) is 0. The highest BCUT2D eigenvalue weighted by Crippen LogP contribution is 2.37. The molecule has 0 bridgehead atoms. The van der Waals surface area contributed by atoms with Crippen LogP contribution in [-0.4, -0.2) is 14.7 Å². The van der Waals surface area contributed by atoms with Gasteiger partial charge in [0.25, 0.3) is 0 Å². The van der Waals surface area contributed by atoms with Crippen LogP contribution in [0.2, 0.25) is 0 Å². The van der Waals surface area contributed by atoms with Crippen molar-refractivity contribution in [2.24, 2.45) is 5.90 Å². The Labute approximate surface area is 156 Å². The number of phenolic OH excluding ortho intramolecular Hbond substituents is 1. The van der Waals surface area contributed by atoms with Crippen molar-refractivity contribution in [2.75, 3.05) is 0 Å². The summed E-state index contributed by atoms with van der Waals surface area (Å²) in [5, 5.41) is 9.61. The SMILES string of the molecule is NOOSc1ccc2c(c1)nc(-c1ccc(O)cc1)n2C1CCCCC1. The number of hydrogen-bond acceptors (Lipinski definition) is 6. The maximum Gasteiger partial charge on any atom is 0.141 e. The van der Waals surface area contributed by atoms with Gasteiger partial charge in [0.05, 0.1) is 23.1 Å². The van der Waals surface area contributed by atoms with Crippen molar-refractivity contribution in [1.29, 1.82) is 0 Å². The van der Waals surface area contributed by atoms with Gasteiger partial charge in [-0.3, -0.25) is 0 Å². The molecular formula is C19H21N3O3S. The number of fused-ring (bicyclic) bond motifs is 1.